The van der Waals surface area contributed by atoms with Crippen molar-refractivity contribution in [1.82, 2.24) is 14.9 Å². The van der Waals surface area contributed by atoms with Crippen LogP contribution in [-0.4, -0.2) is 82.1 Å². The number of carbonyl (C=O) groups excluding carboxylic acids is 1. The fourth-order valence-corrected chi connectivity index (χ4v) is 4.97. The van der Waals surface area contributed by atoms with E-state index in [0.717, 1.165) is 0 Å². The van der Waals surface area contributed by atoms with Crippen molar-refractivity contribution >= 4 is 12.1 Å². The van der Waals surface area contributed by atoms with Crippen LogP contribution in [-0.2, 0) is 9.53 Å². The smallest absolute Gasteiger partial charge is 0.410 e. The molecule has 3 rings (SSSR count). The van der Waals surface area contributed by atoms with Gasteiger partial charge in [0.05, 0.1) is 24.0 Å². The molecule has 0 bridgehead atoms. The Morgan fingerprint density at radius 1 is 1.26 bits per heavy atom. The molecule has 2 aliphatic heterocycles. The molecule has 3 aliphatic rings. The molecular weight excluding hydrogens is 353 g/mol. The quantitative estimate of drug-likeness (QED) is 0.804. The van der Waals surface area contributed by atoms with Gasteiger partial charge in [0.1, 0.15) is 11.3 Å². The number of likely N-dealkylation sites (N-methyl/N-ethyl adjacent to an activating group) is 1. The fraction of sp³-hybridized carbons (Fsp3) is 0.895. The van der Waals surface area contributed by atoms with E-state index in [1.54, 1.807) is 34.6 Å². The first-order chi connectivity index (χ1) is 12.2. The first kappa shape index (κ1) is 20.3. The molecule has 8 heteroatoms. The summed E-state index contributed by atoms with van der Waals surface area (Å²) < 4.78 is 21.0. The predicted octanol–water partition coefficient (Wildman–Crippen LogP) is 2.37. The summed E-state index contributed by atoms with van der Waals surface area (Å²) in [6.45, 7) is 9.89. The molecule has 1 aliphatic carbocycles. The fourth-order valence-electron chi connectivity index (χ4n) is 4.97. The monoisotopic (exact) mass is 385 g/mol. The predicted molar refractivity (Wildman–Crippen MR) is 97.8 cm³/mol. The average Bonchev–Trinajstić information content (AvgIpc) is 2.90. The largest absolute Gasteiger partial charge is 0.481 e. The van der Waals surface area contributed by atoms with Gasteiger partial charge in [0.25, 0.3) is 0 Å². The van der Waals surface area contributed by atoms with Gasteiger partial charge in [-0.15, -0.1) is 0 Å². The summed E-state index contributed by atoms with van der Waals surface area (Å²) in [6.07, 6.45) is 0.724. The lowest BCUT2D eigenvalue weighted by molar-refractivity contribution is -0.158. The number of alkyl halides is 1. The van der Waals surface area contributed by atoms with Gasteiger partial charge in [-0.05, 0) is 53.4 Å². The molecule has 0 radical (unpaired) electrons. The number of amides is 1. The Kier molecular flexibility index (Phi) is 4.75. The first-order valence-electron chi connectivity index (χ1n) is 9.63. The SMILES string of the molecule is CN1C[C@@H]2[C@H](N1CC1CC(C)(C(=O)O)C1)C(C)(F)CN2C(=O)OC(C)(C)C. The molecule has 3 atom stereocenters. The molecular formula is C19H32FN3O4. The van der Waals surface area contributed by atoms with Crippen LogP contribution in [0.2, 0.25) is 0 Å². The highest BCUT2D eigenvalue weighted by Gasteiger charge is 2.60. The second kappa shape index (κ2) is 6.30. The molecule has 0 spiro atoms. The second-order valence-corrected chi connectivity index (χ2v) is 10.0. The van der Waals surface area contributed by atoms with Crippen LogP contribution < -0.4 is 0 Å². The van der Waals surface area contributed by atoms with E-state index >= 15 is 4.39 Å². The van der Waals surface area contributed by atoms with Crippen molar-refractivity contribution in [3.05, 3.63) is 0 Å². The summed E-state index contributed by atoms with van der Waals surface area (Å²) >= 11 is 0. The van der Waals surface area contributed by atoms with Crippen LogP contribution in [0, 0.1) is 11.3 Å². The van der Waals surface area contributed by atoms with E-state index in [1.165, 1.54) is 4.90 Å². The third-order valence-corrected chi connectivity index (χ3v) is 6.14. The Labute approximate surface area is 160 Å². The van der Waals surface area contributed by atoms with Crippen LogP contribution in [0.5, 0.6) is 0 Å². The normalized spacial score (nSPS) is 40.0. The number of ether oxygens (including phenoxy) is 1. The zero-order valence-electron chi connectivity index (χ0n) is 17.2. The number of hydrogen-bond donors (Lipinski definition) is 1. The molecule has 154 valence electrons. The van der Waals surface area contributed by atoms with Crippen molar-refractivity contribution in [3.8, 4) is 0 Å². The van der Waals surface area contributed by atoms with Gasteiger partial charge in [-0.3, -0.25) is 9.69 Å². The molecule has 1 unspecified atom stereocenters. The summed E-state index contributed by atoms with van der Waals surface area (Å²) in [4.78, 5) is 25.4. The Morgan fingerprint density at radius 2 is 1.85 bits per heavy atom. The molecule has 0 aromatic carbocycles. The van der Waals surface area contributed by atoms with E-state index in [-0.39, 0.29) is 18.5 Å². The number of carbonyl (C=O) groups is 2. The molecule has 1 amide bonds. The minimum Gasteiger partial charge on any atom is -0.481 e. The average molecular weight is 385 g/mol. The number of hydrazine groups is 1. The highest BCUT2D eigenvalue weighted by Crippen LogP contribution is 2.48. The van der Waals surface area contributed by atoms with Crippen LogP contribution in [0.1, 0.15) is 47.5 Å². The lowest BCUT2D eigenvalue weighted by Gasteiger charge is -2.45. The standard InChI is InChI=1S/C19H32FN3O4/c1-17(2,3)27-16(26)22-11-19(5,20)14-13(22)10-21(6)23(14)9-12-7-18(4,8-12)15(24)25/h12-14H,7-11H2,1-6H3,(H,24,25)/t12?,13-,14+,18?,19?/m1/s1. The zero-order chi connectivity index (χ0) is 20.4. The lowest BCUT2D eigenvalue weighted by Crippen LogP contribution is -2.54. The van der Waals surface area contributed by atoms with Gasteiger partial charge >= 0.3 is 12.1 Å². The molecule has 0 aromatic rings. The minimum absolute atomic E-state index is 0.0130. The number of carboxylic acid groups (broad SMARTS) is 1. The highest BCUT2D eigenvalue weighted by atomic mass is 19.1. The number of rotatable bonds is 3. The molecule has 0 aromatic heterocycles. The molecule has 2 heterocycles. The summed E-state index contributed by atoms with van der Waals surface area (Å²) in [5.74, 6) is -0.544. The number of fused-ring (bicyclic) bond motifs is 1. The van der Waals surface area contributed by atoms with E-state index in [0.29, 0.717) is 25.9 Å². The van der Waals surface area contributed by atoms with Crippen molar-refractivity contribution in [2.45, 2.75) is 70.8 Å². The summed E-state index contributed by atoms with van der Waals surface area (Å²) in [5.41, 5.74) is -2.84. The summed E-state index contributed by atoms with van der Waals surface area (Å²) in [6, 6.07) is -0.711. The van der Waals surface area contributed by atoms with Gasteiger partial charge in [-0.25, -0.2) is 19.2 Å². The van der Waals surface area contributed by atoms with E-state index in [4.69, 9.17) is 4.74 Å². The molecule has 7 nitrogen and oxygen atoms in total. The summed E-state index contributed by atoms with van der Waals surface area (Å²) in [5, 5.41) is 13.3. The van der Waals surface area contributed by atoms with E-state index in [9.17, 15) is 14.7 Å². The van der Waals surface area contributed by atoms with E-state index in [1.807, 2.05) is 17.1 Å². The van der Waals surface area contributed by atoms with Crippen molar-refractivity contribution in [1.29, 1.82) is 0 Å². The van der Waals surface area contributed by atoms with Gasteiger partial charge < -0.3 is 9.84 Å². The molecule has 1 N–H and O–H groups in total. The maximum Gasteiger partial charge on any atom is 0.410 e. The third kappa shape index (κ3) is 3.66. The van der Waals surface area contributed by atoms with Crippen LogP contribution in [0.4, 0.5) is 9.18 Å². The lowest BCUT2D eigenvalue weighted by atomic mass is 9.63. The number of likely N-dealkylation sites (tertiary alicyclic amines) is 1. The maximum atomic E-state index is 15.5. The van der Waals surface area contributed by atoms with Gasteiger partial charge in [0.2, 0.25) is 0 Å². The topological polar surface area (TPSA) is 73.3 Å². The van der Waals surface area contributed by atoms with Gasteiger partial charge in [-0.1, -0.05) is 0 Å². The highest BCUT2D eigenvalue weighted by molar-refractivity contribution is 5.75. The molecule has 2 saturated heterocycles. The van der Waals surface area contributed by atoms with Crippen molar-refractivity contribution in [3.63, 3.8) is 0 Å². The van der Waals surface area contributed by atoms with Crippen LogP contribution >= 0.6 is 0 Å². The zero-order valence-corrected chi connectivity index (χ0v) is 17.2. The molecule has 3 fully saturated rings. The minimum atomic E-state index is -1.55. The Bertz CT molecular complexity index is 627. The molecule has 27 heavy (non-hydrogen) atoms. The number of carboxylic acids is 1. The Hall–Kier alpha value is -1.41. The van der Waals surface area contributed by atoms with Gasteiger partial charge in [-0.2, -0.15) is 0 Å². The van der Waals surface area contributed by atoms with Crippen LogP contribution in [0.3, 0.4) is 0 Å². The third-order valence-electron chi connectivity index (χ3n) is 6.14. The van der Waals surface area contributed by atoms with Gasteiger partial charge in [0.15, 0.2) is 0 Å². The first-order valence-corrected chi connectivity index (χ1v) is 9.63. The van der Waals surface area contributed by atoms with Gasteiger partial charge in [0, 0.05) is 20.1 Å². The number of nitrogens with zero attached hydrogens (tertiary/aromatic N) is 3. The van der Waals surface area contributed by atoms with Crippen LogP contribution in [0.15, 0.2) is 0 Å². The van der Waals surface area contributed by atoms with E-state index in [2.05, 4.69) is 0 Å². The number of hydrogen-bond acceptors (Lipinski definition) is 5. The maximum absolute atomic E-state index is 15.5. The Morgan fingerprint density at radius 3 is 2.37 bits per heavy atom. The summed E-state index contributed by atoms with van der Waals surface area (Å²) in [7, 11) is 1.90. The Balaban J connectivity index is 1.71. The number of aliphatic carboxylic acids is 1. The van der Waals surface area contributed by atoms with Crippen LogP contribution in [0.25, 0.3) is 0 Å². The van der Waals surface area contributed by atoms with Crippen molar-refractivity contribution in [2.24, 2.45) is 11.3 Å². The second-order valence-electron chi connectivity index (χ2n) is 10.0. The number of halogens is 1. The molecule has 1 saturated carbocycles. The van der Waals surface area contributed by atoms with Crippen molar-refractivity contribution in [2.75, 3.05) is 26.7 Å². The van der Waals surface area contributed by atoms with Crippen molar-refractivity contribution < 1.29 is 23.8 Å². The van der Waals surface area contributed by atoms with E-state index < -0.39 is 34.8 Å².